The molecule has 7 aliphatic rings. The summed E-state index contributed by atoms with van der Waals surface area (Å²) in [5.41, 5.74) is 0. The minimum Gasteiger partial charge on any atom is -0.394 e. The summed E-state index contributed by atoms with van der Waals surface area (Å²) in [6.45, 7) is 0.0671. The van der Waals surface area contributed by atoms with Crippen LogP contribution < -0.4 is 10.6 Å². The second kappa shape index (κ2) is 19.8. The number of ether oxygens (including phenoxy) is 10. The van der Waals surface area contributed by atoms with Crippen molar-refractivity contribution in [3.8, 4) is 0 Å². The molecule has 26 heteroatoms. The molecule has 26 nitrogen and oxygen atoms in total. The van der Waals surface area contributed by atoms with Crippen LogP contribution in [0, 0.1) is 0 Å². The molecule has 25 atom stereocenters. The Morgan fingerprint density at radius 1 is 0.517 bits per heavy atom. The summed E-state index contributed by atoms with van der Waals surface area (Å²) in [6.07, 6.45) is -40.9. The zero-order chi connectivity index (χ0) is 43.9. The molecule has 7 fully saturated rings. The number of rotatable bonds is 7. The topological polar surface area (TPSA) is 393 Å². The monoisotopic (exact) mass is 876 g/mol. The lowest BCUT2D eigenvalue weighted by Gasteiger charge is -2.51. The van der Waals surface area contributed by atoms with E-state index in [1.165, 1.54) is 6.92 Å². The first kappa shape index (κ1) is 47.5. The van der Waals surface area contributed by atoms with E-state index < -0.39 is 192 Å². The molecule has 0 aromatic carbocycles. The number of amides is 2. The first-order valence-electron chi connectivity index (χ1n) is 19.4. The van der Waals surface area contributed by atoms with Crippen LogP contribution in [-0.2, 0) is 57.0 Å². The number of fused-ring (bicyclic) bond motifs is 3. The Kier molecular flexibility index (Phi) is 15.7. The van der Waals surface area contributed by atoms with Crippen LogP contribution in [0.15, 0.2) is 0 Å². The van der Waals surface area contributed by atoms with Crippen LogP contribution in [0.2, 0.25) is 0 Å². The van der Waals surface area contributed by atoms with E-state index in [4.69, 9.17) is 47.4 Å². The van der Waals surface area contributed by atoms with E-state index in [0.717, 1.165) is 13.8 Å². The molecule has 14 N–H and O–H groups in total. The van der Waals surface area contributed by atoms with Gasteiger partial charge in [-0.1, -0.05) is 0 Å². The van der Waals surface area contributed by atoms with Crippen LogP contribution >= 0.6 is 0 Å². The van der Waals surface area contributed by atoms with Gasteiger partial charge in [-0.05, 0) is 6.92 Å². The summed E-state index contributed by atoms with van der Waals surface area (Å²) in [7, 11) is 0. The molecular weight excluding hydrogens is 820 g/mol. The molecule has 346 valence electrons. The Morgan fingerprint density at radius 3 is 1.72 bits per heavy atom. The highest BCUT2D eigenvalue weighted by atomic mass is 16.8. The molecule has 7 rings (SSSR count). The van der Waals surface area contributed by atoms with E-state index in [1.807, 2.05) is 0 Å². The first-order chi connectivity index (χ1) is 28.4. The number of carbonyl (C=O) groups is 2. The summed E-state index contributed by atoms with van der Waals surface area (Å²) >= 11 is 0. The summed E-state index contributed by atoms with van der Waals surface area (Å²) in [4.78, 5) is 24.9. The number of nitrogens with one attached hydrogen (secondary N) is 2. The van der Waals surface area contributed by atoms with Gasteiger partial charge in [-0.3, -0.25) is 9.59 Å². The fourth-order valence-corrected chi connectivity index (χ4v) is 8.05. The molecule has 7 heterocycles. The molecule has 0 radical (unpaired) electrons. The van der Waals surface area contributed by atoms with Gasteiger partial charge in [-0.25, -0.2) is 0 Å². The lowest BCUT2D eigenvalue weighted by molar-refractivity contribution is -0.391. The van der Waals surface area contributed by atoms with Crippen molar-refractivity contribution in [2.24, 2.45) is 0 Å². The van der Waals surface area contributed by atoms with Crippen LogP contribution in [-0.4, -0.2) is 253 Å². The lowest BCUT2D eigenvalue weighted by Crippen LogP contribution is -2.71. The van der Waals surface area contributed by atoms with Crippen molar-refractivity contribution in [2.45, 2.75) is 174 Å². The highest BCUT2D eigenvalue weighted by Gasteiger charge is 2.58. The molecule has 6 bridgehead atoms. The standard InChI is InChI=1S/C34H56N2O24/c1-8-17(42)23(48)29-34(52-8)51-7-14-19(44)22(47)24(49)32(56-14)57-26-13(6-39)55-33(58-27-16(36-10(3)41)31(60-29)54-12(5-38)20(27)45)25(50)28(26)59-30-15(35-9(2)40)21(46)18(43)11(4-37)53-30/h8,11-34,37-39,42-50H,4-7H2,1-3H3,(H,35,40)(H,36,41)/t8-,11+,12+,13+,14+,15+,16+,17-,18+,19+,20+,21+,22-,23+,24+,25+,26-,27+,28+,29+,30-,31+,32+,33+,34+/m0/s1. The highest BCUT2D eigenvalue weighted by molar-refractivity contribution is 5.73. The van der Waals surface area contributed by atoms with E-state index in [1.54, 1.807) is 0 Å². The van der Waals surface area contributed by atoms with Gasteiger partial charge in [0.15, 0.2) is 31.5 Å². The third-order valence-corrected chi connectivity index (χ3v) is 11.3. The molecule has 0 aromatic heterocycles. The molecule has 0 spiro atoms. The fourth-order valence-electron chi connectivity index (χ4n) is 8.05. The highest BCUT2D eigenvalue weighted by Crippen LogP contribution is 2.37. The van der Waals surface area contributed by atoms with Crippen molar-refractivity contribution in [3.63, 3.8) is 0 Å². The SMILES string of the molecule is CC(=O)N[C@H]1[C@H](O[C@@H]2[C@@H](O)[C@H]3O[C@H]4[C@H](O)[C@@H](CO)O[C@H](O[C@H]5[C@H](OC[C@H]6O[C@H](O[C@H]2[C@@H](CO)O3)[C@H](O)[C@@H](O)[C@@H]6O)O[C@@H](C)[C@H](O)[C@H]5O)[C@@H]4NC(C)=O)O[C@H](CO)[C@@H](O)[C@@H]1O. The molecule has 7 aliphatic heterocycles. The molecule has 60 heavy (non-hydrogen) atoms. The largest absolute Gasteiger partial charge is 0.394 e. The van der Waals surface area contributed by atoms with Gasteiger partial charge in [0.25, 0.3) is 0 Å². The minimum absolute atomic E-state index is 0.707. The van der Waals surface area contributed by atoms with Gasteiger partial charge in [0.05, 0.1) is 32.5 Å². The molecule has 0 saturated carbocycles. The maximum absolute atomic E-state index is 12.7. The van der Waals surface area contributed by atoms with Gasteiger partial charge >= 0.3 is 0 Å². The number of carbonyl (C=O) groups excluding carboxylic acids is 2. The lowest BCUT2D eigenvalue weighted by atomic mass is 9.94. The summed E-state index contributed by atoms with van der Waals surface area (Å²) in [5, 5.41) is 136. The molecule has 0 unspecified atom stereocenters. The zero-order valence-corrected chi connectivity index (χ0v) is 32.5. The van der Waals surface area contributed by atoms with Crippen molar-refractivity contribution in [1.29, 1.82) is 0 Å². The van der Waals surface area contributed by atoms with Crippen LogP contribution in [0.5, 0.6) is 0 Å². The third-order valence-electron chi connectivity index (χ3n) is 11.3. The number of hydrogen-bond acceptors (Lipinski definition) is 24. The maximum Gasteiger partial charge on any atom is 0.217 e. The second-order valence-electron chi connectivity index (χ2n) is 15.5. The Bertz CT molecular complexity index is 1440. The Labute approximate surface area is 341 Å². The van der Waals surface area contributed by atoms with Gasteiger partial charge in [0.1, 0.15) is 116 Å². The Hall–Kier alpha value is -1.94. The number of aliphatic hydroxyl groups excluding tert-OH is 12. The van der Waals surface area contributed by atoms with E-state index >= 15 is 0 Å². The number of aliphatic hydroxyl groups is 12. The molecule has 0 aliphatic carbocycles. The van der Waals surface area contributed by atoms with Crippen LogP contribution in [0.1, 0.15) is 20.8 Å². The average molecular weight is 877 g/mol. The molecule has 0 aromatic rings. The van der Waals surface area contributed by atoms with Crippen molar-refractivity contribution in [1.82, 2.24) is 10.6 Å². The molecular formula is C34H56N2O24. The summed E-state index contributed by atoms with van der Waals surface area (Å²) < 4.78 is 59.4. The van der Waals surface area contributed by atoms with E-state index in [-0.39, 0.29) is 0 Å². The fraction of sp³-hybridized carbons (Fsp3) is 0.941. The average Bonchev–Trinajstić information content (AvgIpc) is 3.20. The summed E-state index contributed by atoms with van der Waals surface area (Å²) in [6, 6.07) is -3.22. The van der Waals surface area contributed by atoms with Gasteiger partial charge in [0.2, 0.25) is 11.8 Å². The zero-order valence-electron chi connectivity index (χ0n) is 32.5. The van der Waals surface area contributed by atoms with Crippen molar-refractivity contribution < 1.29 is 118 Å². The molecule has 2 amide bonds. The van der Waals surface area contributed by atoms with E-state index in [9.17, 15) is 70.9 Å². The van der Waals surface area contributed by atoms with E-state index in [0.29, 0.717) is 0 Å². The minimum atomic E-state index is -2.16. The quantitative estimate of drug-likeness (QED) is 0.113. The smallest absolute Gasteiger partial charge is 0.217 e. The van der Waals surface area contributed by atoms with Gasteiger partial charge in [-0.2, -0.15) is 0 Å². The normalized spacial score (nSPS) is 51.5. The second-order valence-corrected chi connectivity index (χ2v) is 15.5. The van der Waals surface area contributed by atoms with E-state index in [2.05, 4.69) is 10.6 Å². The number of hydrogen-bond donors (Lipinski definition) is 14. The predicted octanol–water partition coefficient (Wildman–Crippen LogP) is -9.56. The predicted molar refractivity (Wildman–Crippen MR) is 185 cm³/mol. The van der Waals surface area contributed by atoms with Gasteiger partial charge < -0.3 is 119 Å². The van der Waals surface area contributed by atoms with Crippen molar-refractivity contribution in [3.05, 3.63) is 0 Å². The van der Waals surface area contributed by atoms with Crippen LogP contribution in [0.3, 0.4) is 0 Å². The Balaban J connectivity index is 1.45. The third kappa shape index (κ3) is 9.60. The van der Waals surface area contributed by atoms with Crippen molar-refractivity contribution in [2.75, 3.05) is 26.4 Å². The Morgan fingerprint density at radius 2 is 1.08 bits per heavy atom. The van der Waals surface area contributed by atoms with Gasteiger partial charge in [0, 0.05) is 13.8 Å². The molecule has 7 saturated heterocycles. The van der Waals surface area contributed by atoms with Crippen LogP contribution in [0.25, 0.3) is 0 Å². The van der Waals surface area contributed by atoms with Crippen LogP contribution in [0.4, 0.5) is 0 Å². The summed E-state index contributed by atoms with van der Waals surface area (Å²) in [5.74, 6) is -1.50. The van der Waals surface area contributed by atoms with Gasteiger partial charge in [-0.15, -0.1) is 0 Å². The van der Waals surface area contributed by atoms with Crippen molar-refractivity contribution >= 4 is 11.8 Å². The maximum atomic E-state index is 12.7. The first-order valence-corrected chi connectivity index (χ1v) is 19.4.